The molecule has 0 aromatic heterocycles. The summed E-state index contributed by atoms with van der Waals surface area (Å²) in [6.45, 7) is 7.46. The molecule has 0 spiro atoms. The first-order valence-corrected chi connectivity index (χ1v) is 12.2. The van der Waals surface area contributed by atoms with Gasteiger partial charge in [-0.3, -0.25) is 0 Å². The smallest absolute Gasteiger partial charge is 0.161 e. The lowest BCUT2D eigenvalue weighted by molar-refractivity contribution is 0.289. The monoisotopic (exact) mass is 462 g/mol. The number of anilines is 2. The van der Waals surface area contributed by atoms with Crippen molar-refractivity contribution in [1.82, 2.24) is 0 Å². The van der Waals surface area contributed by atoms with Crippen LogP contribution in [0.5, 0.6) is 11.5 Å². The molecule has 6 rings (SSSR count). The molecule has 0 N–H and O–H groups in total. The molecule has 4 nitrogen and oxygen atoms in total. The Hall–Kier alpha value is -3.92. The minimum Gasteiger partial charge on any atom is -0.473 e. The van der Waals surface area contributed by atoms with Gasteiger partial charge in [0.05, 0.1) is 0 Å². The maximum absolute atomic E-state index is 5.95. The Morgan fingerprint density at radius 2 is 0.943 bits per heavy atom. The molecule has 2 aliphatic rings. The van der Waals surface area contributed by atoms with Gasteiger partial charge in [-0.2, -0.15) is 0 Å². The van der Waals surface area contributed by atoms with E-state index in [4.69, 9.17) is 9.47 Å². The Bertz CT molecular complexity index is 1230. The van der Waals surface area contributed by atoms with Gasteiger partial charge in [0.2, 0.25) is 0 Å². The molecule has 4 aromatic carbocycles. The lowest BCUT2D eigenvalue weighted by atomic mass is 9.78. The van der Waals surface area contributed by atoms with Gasteiger partial charge in [-0.25, -0.2) is 0 Å². The summed E-state index contributed by atoms with van der Waals surface area (Å²) in [5, 5.41) is 0. The summed E-state index contributed by atoms with van der Waals surface area (Å²) >= 11 is 0. The summed E-state index contributed by atoms with van der Waals surface area (Å²) in [4.78, 5) is 4.54. The average Bonchev–Trinajstić information content (AvgIpc) is 2.92. The highest BCUT2D eigenvalue weighted by Crippen LogP contribution is 2.35. The van der Waals surface area contributed by atoms with E-state index in [0.29, 0.717) is 13.5 Å². The van der Waals surface area contributed by atoms with Crippen LogP contribution in [0.15, 0.2) is 97.1 Å². The Morgan fingerprint density at radius 1 is 0.543 bits per heavy atom. The molecule has 0 atom stereocenters. The maximum Gasteiger partial charge on any atom is 0.161 e. The van der Waals surface area contributed by atoms with Crippen LogP contribution in [0.2, 0.25) is 0 Å². The first kappa shape index (κ1) is 21.6. The number of rotatable bonds is 4. The fraction of sp³-hybridized carbons (Fsp3) is 0.226. The zero-order chi connectivity index (χ0) is 23.8. The third-order valence-corrected chi connectivity index (χ3v) is 7.33. The van der Waals surface area contributed by atoms with Crippen molar-refractivity contribution < 1.29 is 9.47 Å². The summed E-state index contributed by atoms with van der Waals surface area (Å²) in [5.74, 6) is 1.98. The molecule has 35 heavy (non-hydrogen) atoms. The summed E-state index contributed by atoms with van der Waals surface area (Å²) in [5.41, 5.74) is 7.30. The number of fused-ring (bicyclic) bond motifs is 2. The predicted octanol–water partition coefficient (Wildman–Crippen LogP) is 6.73. The minimum absolute atomic E-state index is 0.104. The number of benzene rings is 4. The second kappa shape index (κ2) is 8.70. The molecule has 0 bridgehead atoms. The molecule has 0 amide bonds. The van der Waals surface area contributed by atoms with Gasteiger partial charge in [0.1, 0.15) is 11.5 Å². The molecule has 4 aromatic rings. The van der Waals surface area contributed by atoms with E-state index in [1.165, 1.54) is 33.6 Å². The molecule has 0 aliphatic carbocycles. The van der Waals surface area contributed by atoms with Crippen molar-refractivity contribution >= 4 is 11.4 Å². The number of para-hydroxylation sites is 2. The van der Waals surface area contributed by atoms with Crippen LogP contribution in [0, 0.1) is 0 Å². The van der Waals surface area contributed by atoms with E-state index in [1.807, 2.05) is 24.3 Å². The van der Waals surface area contributed by atoms with Crippen molar-refractivity contribution in [2.45, 2.75) is 32.4 Å². The Labute approximate surface area is 207 Å². The SMILES string of the molecule is CC(C)(c1ccc(N2COc3ccccc3C2)cc1)c1ccc(N2COc3ccccc3C2)cc1. The van der Waals surface area contributed by atoms with Crippen molar-refractivity contribution in [2.75, 3.05) is 23.3 Å². The Morgan fingerprint density at radius 3 is 1.37 bits per heavy atom. The van der Waals surface area contributed by atoms with Gasteiger partial charge in [0.25, 0.3) is 0 Å². The van der Waals surface area contributed by atoms with Crippen LogP contribution in [0.3, 0.4) is 0 Å². The van der Waals surface area contributed by atoms with E-state index < -0.39 is 0 Å². The molecule has 0 saturated carbocycles. The van der Waals surface area contributed by atoms with Crippen molar-refractivity contribution in [3.05, 3.63) is 119 Å². The van der Waals surface area contributed by atoms with E-state index in [0.717, 1.165) is 24.6 Å². The fourth-order valence-electron chi connectivity index (χ4n) is 5.02. The third kappa shape index (κ3) is 4.10. The molecule has 0 radical (unpaired) electrons. The maximum atomic E-state index is 5.95. The van der Waals surface area contributed by atoms with Crippen LogP contribution < -0.4 is 19.3 Å². The number of nitrogens with zero attached hydrogens (tertiary/aromatic N) is 2. The molecule has 176 valence electrons. The van der Waals surface area contributed by atoms with Crippen molar-refractivity contribution in [3.8, 4) is 11.5 Å². The highest BCUT2D eigenvalue weighted by Gasteiger charge is 2.25. The molecule has 2 aliphatic heterocycles. The van der Waals surface area contributed by atoms with E-state index in [2.05, 4.69) is 96.4 Å². The zero-order valence-corrected chi connectivity index (χ0v) is 20.3. The van der Waals surface area contributed by atoms with Gasteiger partial charge in [0.15, 0.2) is 13.5 Å². The Balaban J connectivity index is 1.17. The van der Waals surface area contributed by atoms with Gasteiger partial charge in [-0.1, -0.05) is 74.5 Å². The minimum atomic E-state index is -0.104. The first-order valence-electron chi connectivity index (χ1n) is 12.2. The van der Waals surface area contributed by atoms with Gasteiger partial charge in [-0.15, -0.1) is 0 Å². The Kier molecular flexibility index (Phi) is 5.37. The molecule has 0 saturated heterocycles. The standard InChI is InChI=1S/C31H30N2O2/c1-31(2,25-11-15-27(16-12-25)32-19-23-7-3-5-9-29(23)34-21-32)26-13-17-28(18-14-26)33-20-24-8-4-6-10-30(24)35-22-33/h3-18H,19-22H2,1-2H3. The van der Waals surface area contributed by atoms with E-state index in [1.54, 1.807) is 0 Å². The highest BCUT2D eigenvalue weighted by molar-refractivity contribution is 5.55. The largest absolute Gasteiger partial charge is 0.473 e. The lowest BCUT2D eigenvalue weighted by Gasteiger charge is -2.32. The average molecular weight is 463 g/mol. The number of hydrogen-bond acceptors (Lipinski definition) is 4. The molecule has 0 fully saturated rings. The summed E-state index contributed by atoms with van der Waals surface area (Å²) in [7, 11) is 0. The molecule has 2 heterocycles. The molecule has 4 heteroatoms. The molecule has 0 unspecified atom stereocenters. The second-order valence-corrected chi connectivity index (χ2v) is 9.88. The predicted molar refractivity (Wildman–Crippen MR) is 141 cm³/mol. The van der Waals surface area contributed by atoms with Crippen LogP contribution in [-0.2, 0) is 18.5 Å². The van der Waals surface area contributed by atoms with Gasteiger partial charge in [0, 0.05) is 41.0 Å². The van der Waals surface area contributed by atoms with Gasteiger partial charge >= 0.3 is 0 Å². The van der Waals surface area contributed by atoms with Gasteiger partial charge in [-0.05, 0) is 47.5 Å². The zero-order valence-electron chi connectivity index (χ0n) is 20.3. The van der Waals surface area contributed by atoms with E-state index in [9.17, 15) is 0 Å². The normalized spacial score (nSPS) is 15.0. The highest BCUT2D eigenvalue weighted by atomic mass is 16.5. The van der Waals surface area contributed by atoms with Gasteiger partial charge < -0.3 is 19.3 Å². The quantitative estimate of drug-likeness (QED) is 0.336. The fourth-order valence-corrected chi connectivity index (χ4v) is 5.02. The van der Waals surface area contributed by atoms with E-state index in [-0.39, 0.29) is 5.41 Å². The summed E-state index contributed by atoms with van der Waals surface area (Å²) < 4.78 is 11.9. The van der Waals surface area contributed by atoms with Crippen molar-refractivity contribution in [1.29, 1.82) is 0 Å². The van der Waals surface area contributed by atoms with Crippen LogP contribution >= 0.6 is 0 Å². The number of ether oxygens (including phenoxy) is 2. The lowest BCUT2D eigenvalue weighted by Crippen LogP contribution is -2.32. The van der Waals surface area contributed by atoms with Crippen molar-refractivity contribution in [2.24, 2.45) is 0 Å². The first-order chi connectivity index (χ1) is 17.1. The molecular weight excluding hydrogens is 432 g/mol. The van der Waals surface area contributed by atoms with Crippen LogP contribution in [0.1, 0.15) is 36.1 Å². The summed E-state index contributed by atoms with van der Waals surface area (Å²) in [6.07, 6.45) is 0. The summed E-state index contributed by atoms with van der Waals surface area (Å²) in [6, 6.07) is 34.4. The van der Waals surface area contributed by atoms with Crippen LogP contribution in [-0.4, -0.2) is 13.5 Å². The van der Waals surface area contributed by atoms with E-state index >= 15 is 0 Å². The van der Waals surface area contributed by atoms with Crippen LogP contribution in [0.4, 0.5) is 11.4 Å². The second-order valence-electron chi connectivity index (χ2n) is 9.88. The van der Waals surface area contributed by atoms with Crippen LogP contribution in [0.25, 0.3) is 0 Å². The topological polar surface area (TPSA) is 24.9 Å². The number of hydrogen-bond donors (Lipinski definition) is 0. The van der Waals surface area contributed by atoms with Crippen molar-refractivity contribution in [3.63, 3.8) is 0 Å². The third-order valence-electron chi connectivity index (χ3n) is 7.33. The molecular formula is C31H30N2O2.